The molecule has 1 rings (SSSR count). The number of imide groups is 1. The van der Waals surface area contributed by atoms with E-state index in [1.54, 1.807) is 13.8 Å². The molecule has 3 amide bonds. The quantitative estimate of drug-likeness (QED) is 0.719. The third-order valence-corrected chi connectivity index (χ3v) is 4.15. The Morgan fingerprint density at radius 3 is 2.42 bits per heavy atom. The molecule has 1 heterocycles. The number of carbonyl (C=O) groups excluding carboxylic acids is 3. The summed E-state index contributed by atoms with van der Waals surface area (Å²) in [5.41, 5.74) is 4.08. The lowest BCUT2D eigenvalue weighted by Crippen LogP contribution is -2.64. The van der Waals surface area contributed by atoms with Gasteiger partial charge in [-0.25, -0.2) is 9.69 Å². The van der Waals surface area contributed by atoms with Crippen molar-refractivity contribution in [2.24, 2.45) is 5.73 Å². The lowest BCUT2D eigenvalue weighted by molar-refractivity contribution is -0.138. The number of carbonyl (C=O) groups is 3. The van der Waals surface area contributed by atoms with Crippen molar-refractivity contribution in [2.75, 3.05) is 6.61 Å². The Morgan fingerprint density at radius 1 is 1.25 bits per heavy atom. The van der Waals surface area contributed by atoms with Gasteiger partial charge in [-0.15, -0.1) is 0 Å². The van der Waals surface area contributed by atoms with Crippen LogP contribution in [0.1, 0.15) is 66.7 Å². The molecule has 1 unspecified atom stereocenters. The SMILES string of the molecule is CCCCCCOC(=O)N1C(=O)CC(C)(C)NC(C)(C)C1C(N)=O. The van der Waals surface area contributed by atoms with Crippen LogP contribution in [0.2, 0.25) is 0 Å². The summed E-state index contributed by atoms with van der Waals surface area (Å²) in [6.07, 6.45) is 3.11. The highest BCUT2D eigenvalue weighted by atomic mass is 16.6. The number of ether oxygens (including phenoxy) is 1. The smallest absolute Gasteiger partial charge is 0.417 e. The van der Waals surface area contributed by atoms with Gasteiger partial charge >= 0.3 is 6.09 Å². The zero-order chi connectivity index (χ0) is 18.5. The summed E-state index contributed by atoms with van der Waals surface area (Å²) in [4.78, 5) is 37.9. The number of primary amides is 1. The molecular formula is C17H31N3O4. The van der Waals surface area contributed by atoms with Crippen molar-refractivity contribution in [2.45, 2.75) is 83.8 Å². The summed E-state index contributed by atoms with van der Waals surface area (Å²) in [6, 6.07) is -1.10. The zero-order valence-corrected chi connectivity index (χ0v) is 15.5. The number of hydrogen-bond acceptors (Lipinski definition) is 5. The number of amides is 3. The first-order valence-corrected chi connectivity index (χ1v) is 8.59. The maximum atomic E-state index is 12.6. The van der Waals surface area contributed by atoms with Gasteiger partial charge in [0.15, 0.2) is 0 Å². The largest absolute Gasteiger partial charge is 0.449 e. The molecule has 1 aliphatic rings. The Labute approximate surface area is 144 Å². The lowest BCUT2D eigenvalue weighted by Gasteiger charge is -2.39. The Balaban J connectivity index is 2.95. The summed E-state index contributed by atoms with van der Waals surface area (Å²) in [6.45, 7) is 9.53. The van der Waals surface area contributed by atoms with E-state index in [1.165, 1.54) is 0 Å². The van der Waals surface area contributed by atoms with Crippen LogP contribution in [-0.2, 0) is 14.3 Å². The van der Waals surface area contributed by atoms with Crippen LogP contribution in [0.4, 0.5) is 4.79 Å². The van der Waals surface area contributed by atoms with Crippen molar-refractivity contribution in [3.8, 4) is 0 Å². The van der Waals surface area contributed by atoms with Crippen LogP contribution >= 0.6 is 0 Å². The second-order valence-electron chi connectivity index (χ2n) is 7.65. The van der Waals surface area contributed by atoms with Gasteiger partial charge in [0.05, 0.1) is 6.61 Å². The van der Waals surface area contributed by atoms with Gasteiger partial charge in [0.25, 0.3) is 0 Å². The predicted octanol–water partition coefficient (Wildman–Crippen LogP) is 1.94. The van der Waals surface area contributed by atoms with Crippen LogP contribution < -0.4 is 11.1 Å². The molecule has 0 saturated carbocycles. The molecule has 0 radical (unpaired) electrons. The highest BCUT2D eigenvalue weighted by Gasteiger charge is 2.50. The Kier molecular flexibility index (Phi) is 6.77. The third kappa shape index (κ3) is 5.19. The molecule has 7 heteroatoms. The molecule has 0 bridgehead atoms. The summed E-state index contributed by atoms with van der Waals surface area (Å²) >= 11 is 0. The fraction of sp³-hybridized carbons (Fsp3) is 0.824. The highest BCUT2D eigenvalue weighted by molar-refractivity contribution is 5.99. The van der Waals surface area contributed by atoms with E-state index < -0.39 is 35.0 Å². The first-order valence-electron chi connectivity index (χ1n) is 8.59. The molecule has 3 N–H and O–H groups in total. The molecule has 138 valence electrons. The van der Waals surface area contributed by atoms with Gasteiger partial charge in [0.1, 0.15) is 6.04 Å². The molecule has 1 aliphatic heterocycles. The topological polar surface area (TPSA) is 102 Å². The average molecular weight is 341 g/mol. The van der Waals surface area contributed by atoms with E-state index >= 15 is 0 Å². The van der Waals surface area contributed by atoms with Gasteiger partial charge in [-0.1, -0.05) is 26.2 Å². The van der Waals surface area contributed by atoms with E-state index in [-0.39, 0.29) is 13.0 Å². The highest BCUT2D eigenvalue weighted by Crippen LogP contribution is 2.28. The molecule has 0 aliphatic carbocycles. The average Bonchev–Trinajstić information content (AvgIpc) is 2.47. The Morgan fingerprint density at radius 2 is 1.88 bits per heavy atom. The van der Waals surface area contributed by atoms with Crippen LogP contribution in [0, 0.1) is 0 Å². The third-order valence-electron chi connectivity index (χ3n) is 4.15. The number of rotatable bonds is 6. The maximum Gasteiger partial charge on any atom is 0.417 e. The van der Waals surface area contributed by atoms with Crippen molar-refractivity contribution in [1.82, 2.24) is 10.2 Å². The van der Waals surface area contributed by atoms with Crippen molar-refractivity contribution in [3.63, 3.8) is 0 Å². The van der Waals surface area contributed by atoms with Crippen molar-refractivity contribution >= 4 is 17.9 Å². The number of hydrogen-bond donors (Lipinski definition) is 2. The van der Waals surface area contributed by atoms with Gasteiger partial charge in [0.2, 0.25) is 11.8 Å². The van der Waals surface area contributed by atoms with E-state index in [9.17, 15) is 14.4 Å². The molecule has 0 spiro atoms. The van der Waals surface area contributed by atoms with Gasteiger partial charge in [-0.2, -0.15) is 0 Å². The van der Waals surface area contributed by atoms with Crippen LogP contribution in [0.5, 0.6) is 0 Å². The first-order chi connectivity index (χ1) is 11.0. The van der Waals surface area contributed by atoms with Crippen LogP contribution in [0.3, 0.4) is 0 Å². The molecule has 7 nitrogen and oxygen atoms in total. The van der Waals surface area contributed by atoms with Crippen molar-refractivity contribution in [3.05, 3.63) is 0 Å². The van der Waals surface area contributed by atoms with E-state index in [4.69, 9.17) is 10.5 Å². The van der Waals surface area contributed by atoms with Gasteiger partial charge in [-0.3, -0.25) is 9.59 Å². The zero-order valence-electron chi connectivity index (χ0n) is 15.5. The molecule has 0 aromatic rings. The molecule has 0 aromatic heterocycles. The summed E-state index contributed by atoms with van der Waals surface area (Å²) in [5.74, 6) is -1.19. The van der Waals surface area contributed by atoms with Gasteiger partial charge in [-0.05, 0) is 34.1 Å². The van der Waals surface area contributed by atoms with Crippen LogP contribution in [-0.4, -0.2) is 46.5 Å². The molecule has 1 saturated heterocycles. The number of nitrogens with zero attached hydrogens (tertiary/aromatic N) is 1. The normalized spacial score (nSPS) is 22.8. The Bertz CT molecular complexity index is 488. The minimum absolute atomic E-state index is 0.0745. The van der Waals surface area contributed by atoms with Crippen molar-refractivity contribution in [1.29, 1.82) is 0 Å². The molecule has 24 heavy (non-hydrogen) atoms. The monoisotopic (exact) mass is 341 g/mol. The fourth-order valence-electron chi connectivity index (χ4n) is 3.36. The number of nitrogens with one attached hydrogen (secondary N) is 1. The Hall–Kier alpha value is -1.63. The van der Waals surface area contributed by atoms with Gasteiger partial charge in [0, 0.05) is 17.5 Å². The number of nitrogens with two attached hydrogens (primary N) is 1. The van der Waals surface area contributed by atoms with Crippen molar-refractivity contribution < 1.29 is 19.1 Å². The standard InChI is InChI=1S/C17H31N3O4/c1-6-7-8-9-10-24-15(23)20-12(21)11-16(2,3)19-17(4,5)13(20)14(18)22/h13,19H,6-11H2,1-5H3,(H2,18,22). The van der Waals surface area contributed by atoms with E-state index in [1.807, 2.05) is 13.8 Å². The van der Waals surface area contributed by atoms with Crippen LogP contribution in [0.25, 0.3) is 0 Å². The summed E-state index contributed by atoms with van der Waals surface area (Å²) in [7, 11) is 0. The minimum Gasteiger partial charge on any atom is -0.449 e. The minimum atomic E-state index is -1.10. The molecule has 0 aromatic carbocycles. The maximum absolute atomic E-state index is 12.6. The summed E-state index contributed by atoms with van der Waals surface area (Å²) in [5, 5.41) is 3.25. The predicted molar refractivity (Wildman–Crippen MR) is 91.2 cm³/mol. The second-order valence-corrected chi connectivity index (χ2v) is 7.65. The lowest BCUT2D eigenvalue weighted by atomic mass is 9.90. The van der Waals surface area contributed by atoms with E-state index in [0.717, 1.165) is 30.6 Å². The molecule has 1 fully saturated rings. The second kappa shape index (κ2) is 7.96. The number of unbranched alkanes of at least 4 members (excludes halogenated alkanes) is 3. The van der Waals surface area contributed by atoms with E-state index in [0.29, 0.717) is 0 Å². The fourth-order valence-corrected chi connectivity index (χ4v) is 3.36. The van der Waals surface area contributed by atoms with E-state index in [2.05, 4.69) is 12.2 Å². The van der Waals surface area contributed by atoms with Gasteiger partial charge < -0.3 is 15.8 Å². The molecule has 1 atom stereocenters. The van der Waals surface area contributed by atoms with Crippen LogP contribution in [0.15, 0.2) is 0 Å². The molecular weight excluding hydrogens is 310 g/mol. The summed E-state index contributed by atoms with van der Waals surface area (Å²) < 4.78 is 5.23. The first kappa shape index (κ1) is 20.4.